The molecule has 0 spiro atoms. The number of amides is 2. The molecule has 110 valence electrons. The maximum atomic E-state index is 11.9. The fraction of sp³-hybridized carbons (Fsp3) is 0.429. The average molecular weight is 279 g/mol. The summed E-state index contributed by atoms with van der Waals surface area (Å²) in [5, 5.41) is 2.73. The molecule has 6 heteroatoms. The lowest BCUT2D eigenvalue weighted by molar-refractivity contribution is -0.119. The number of ether oxygens (including phenoxy) is 1. The van der Waals surface area contributed by atoms with Gasteiger partial charge in [0.1, 0.15) is 5.75 Å². The molecule has 0 bridgehead atoms. The van der Waals surface area contributed by atoms with E-state index in [0.29, 0.717) is 17.0 Å². The molecule has 1 aromatic rings. The smallest absolute Gasteiger partial charge is 0.253 e. The molecule has 1 atom stereocenters. The molecule has 0 saturated carbocycles. The molecular weight excluding hydrogens is 258 g/mol. The van der Waals surface area contributed by atoms with E-state index in [-0.39, 0.29) is 24.3 Å². The van der Waals surface area contributed by atoms with Gasteiger partial charge < -0.3 is 20.7 Å². The zero-order valence-corrected chi connectivity index (χ0v) is 12.3. The molecule has 3 N–H and O–H groups in total. The second kappa shape index (κ2) is 6.91. The third kappa shape index (κ3) is 3.71. The first-order valence-electron chi connectivity index (χ1n) is 6.31. The summed E-state index contributed by atoms with van der Waals surface area (Å²) in [6, 6.07) is 4.91. The van der Waals surface area contributed by atoms with Crippen molar-refractivity contribution in [3.05, 3.63) is 23.8 Å². The number of benzene rings is 1. The average Bonchev–Trinajstić information content (AvgIpc) is 2.45. The zero-order chi connectivity index (χ0) is 15.3. The standard InChI is InChI=1S/C14H21N3O3/c1-9(8-15)13(18)16-11-7-10(14(19)17(2)3)5-6-12(11)20-4/h5-7,9H,8,15H2,1-4H3,(H,16,18). The van der Waals surface area contributed by atoms with Crippen LogP contribution in [-0.4, -0.2) is 44.5 Å². The van der Waals surface area contributed by atoms with E-state index in [1.165, 1.54) is 12.0 Å². The van der Waals surface area contributed by atoms with Crippen LogP contribution in [0.1, 0.15) is 17.3 Å². The summed E-state index contributed by atoms with van der Waals surface area (Å²) in [5.74, 6) is -0.166. The molecule has 0 aromatic heterocycles. The topological polar surface area (TPSA) is 84.7 Å². The summed E-state index contributed by atoms with van der Waals surface area (Å²) in [4.78, 5) is 25.3. The Morgan fingerprint density at radius 3 is 2.55 bits per heavy atom. The van der Waals surface area contributed by atoms with E-state index in [4.69, 9.17) is 10.5 Å². The number of carbonyl (C=O) groups excluding carboxylic acids is 2. The monoisotopic (exact) mass is 279 g/mol. The third-order valence-electron chi connectivity index (χ3n) is 2.91. The molecule has 1 unspecified atom stereocenters. The van der Waals surface area contributed by atoms with Gasteiger partial charge >= 0.3 is 0 Å². The summed E-state index contributed by atoms with van der Waals surface area (Å²) >= 11 is 0. The van der Waals surface area contributed by atoms with Crippen LogP contribution in [0, 0.1) is 5.92 Å². The largest absolute Gasteiger partial charge is 0.495 e. The second-order valence-corrected chi connectivity index (χ2v) is 4.74. The molecule has 6 nitrogen and oxygen atoms in total. The Bertz CT molecular complexity index is 500. The number of nitrogens with one attached hydrogen (secondary N) is 1. The number of nitrogens with zero attached hydrogens (tertiary/aromatic N) is 1. The molecule has 0 heterocycles. The molecule has 20 heavy (non-hydrogen) atoms. The van der Waals surface area contributed by atoms with E-state index in [1.807, 2.05) is 0 Å². The summed E-state index contributed by atoms with van der Waals surface area (Å²) in [5.41, 5.74) is 6.40. The van der Waals surface area contributed by atoms with Gasteiger partial charge in [-0.3, -0.25) is 9.59 Å². The van der Waals surface area contributed by atoms with Crippen LogP contribution in [0.3, 0.4) is 0 Å². The number of anilines is 1. The number of rotatable bonds is 5. The molecule has 1 rings (SSSR count). The molecule has 0 aliphatic heterocycles. The van der Waals surface area contributed by atoms with E-state index in [0.717, 1.165) is 0 Å². The van der Waals surface area contributed by atoms with Crippen LogP contribution in [0.5, 0.6) is 5.75 Å². The number of carbonyl (C=O) groups is 2. The van der Waals surface area contributed by atoms with E-state index in [2.05, 4.69) is 5.32 Å². The van der Waals surface area contributed by atoms with Crippen molar-refractivity contribution in [2.75, 3.05) is 33.1 Å². The molecule has 0 saturated heterocycles. The van der Waals surface area contributed by atoms with Crippen LogP contribution in [0.2, 0.25) is 0 Å². The van der Waals surface area contributed by atoms with E-state index in [1.54, 1.807) is 39.2 Å². The van der Waals surface area contributed by atoms with Gasteiger partial charge in [-0.1, -0.05) is 6.92 Å². The number of hydrogen-bond donors (Lipinski definition) is 2. The third-order valence-corrected chi connectivity index (χ3v) is 2.91. The minimum atomic E-state index is -0.312. The SMILES string of the molecule is COc1ccc(C(=O)N(C)C)cc1NC(=O)C(C)CN. The highest BCUT2D eigenvalue weighted by molar-refractivity contribution is 5.98. The molecule has 2 amide bonds. The Hall–Kier alpha value is -2.08. The number of nitrogens with two attached hydrogens (primary N) is 1. The summed E-state index contributed by atoms with van der Waals surface area (Å²) in [6.45, 7) is 1.99. The highest BCUT2D eigenvalue weighted by Gasteiger charge is 2.16. The van der Waals surface area contributed by atoms with Gasteiger partial charge in [0, 0.05) is 32.1 Å². The Kier molecular flexibility index (Phi) is 5.52. The van der Waals surface area contributed by atoms with E-state index >= 15 is 0 Å². The maximum absolute atomic E-state index is 11.9. The normalized spacial score (nSPS) is 11.7. The van der Waals surface area contributed by atoms with Crippen molar-refractivity contribution >= 4 is 17.5 Å². The van der Waals surface area contributed by atoms with E-state index in [9.17, 15) is 9.59 Å². The Labute approximate surface area is 118 Å². The lowest BCUT2D eigenvalue weighted by atomic mass is 10.1. The van der Waals surface area contributed by atoms with Gasteiger partial charge in [-0.2, -0.15) is 0 Å². The zero-order valence-electron chi connectivity index (χ0n) is 12.3. The predicted molar refractivity (Wildman–Crippen MR) is 77.9 cm³/mol. The Balaban J connectivity index is 3.06. The van der Waals surface area contributed by atoms with Gasteiger partial charge in [-0.05, 0) is 18.2 Å². The molecule has 0 aliphatic carbocycles. The van der Waals surface area contributed by atoms with Crippen molar-refractivity contribution in [1.82, 2.24) is 4.90 Å². The fourth-order valence-electron chi connectivity index (χ4n) is 1.56. The van der Waals surface area contributed by atoms with Gasteiger partial charge in [0.05, 0.1) is 12.8 Å². The number of hydrogen-bond acceptors (Lipinski definition) is 4. The van der Waals surface area contributed by atoms with Crippen LogP contribution in [-0.2, 0) is 4.79 Å². The molecular formula is C14H21N3O3. The maximum Gasteiger partial charge on any atom is 0.253 e. The van der Waals surface area contributed by atoms with Crippen LogP contribution in [0.15, 0.2) is 18.2 Å². The van der Waals surface area contributed by atoms with Gasteiger partial charge in [-0.25, -0.2) is 0 Å². The van der Waals surface area contributed by atoms with Gasteiger partial charge in [0.15, 0.2) is 0 Å². The minimum Gasteiger partial charge on any atom is -0.495 e. The highest BCUT2D eigenvalue weighted by Crippen LogP contribution is 2.26. The van der Waals surface area contributed by atoms with E-state index < -0.39 is 0 Å². The van der Waals surface area contributed by atoms with Crippen LogP contribution >= 0.6 is 0 Å². The molecule has 1 aromatic carbocycles. The van der Waals surface area contributed by atoms with Crippen molar-refractivity contribution in [1.29, 1.82) is 0 Å². The Morgan fingerprint density at radius 1 is 1.40 bits per heavy atom. The van der Waals surface area contributed by atoms with Crippen molar-refractivity contribution in [3.63, 3.8) is 0 Å². The van der Waals surface area contributed by atoms with Gasteiger partial charge in [0.2, 0.25) is 5.91 Å². The number of methoxy groups -OCH3 is 1. The van der Waals surface area contributed by atoms with Crippen molar-refractivity contribution in [2.45, 2.75) is 6.92 Å². The van der Waals surface area contributed by atoms with Crippen molar-refractivity contribution in [2.24, 2.45) is 11.7 Å². The van der Waals surface area contributed by atoms with Crippen molar-refractivity contribution in [3.8, 4) is 5.75 Å². The first-order valence-corrected chi connectivity index (χ1v) is 6.31. The quantitative estimate of drug-likeness (QED) is 0.839. The van der Waals surface area contributed by atoms with Crippen LogP contribution in [0.4, 0.5) is 5.69 Å². The highest BCUT2D eigenvalue weighted by atomic mass is 16.5. The summed E-state index contributed by atoms with van der Waals surface area (Å²) in [7, 11) is 4.84. The Morgan fingerprint density at radius 2 is 2.05 bits per heavy atom. The van der Waals surface area contributed by atoms with Gasteiger partial charge in [0.25, 0.3) is 5.91 Å². The lowest BCUT2D eigenvalue weighted by Crippen LogP contribution is -2.27. The predicted octanol–water partition coefficient (Wildman–Crippen LogP) is 0.930. The first kappa shape index (κ1) is 16.0. The molecule has 0 aliphatic rings. The fourth-order valence-corrected chi connectivity index (χ4v) is 1.56. The van der Waals surface area contributed by atoms with Crippen molar-refractivity contribution < 1.29 is 14.3 Å². The minimum absolute atomic E-state index is 0.143. The molecule has 0 fully saturated rings. The lowest BCUT2D eigenvalue weighted by Gasteiger charge is -2.15. The van der Waals surface area contributed by atoms with Crippen LogP contribution < -0.4 is 15.8 Å². The van der Waals surface area contributed by atoms with Crippen LogP contribution in [0.25, 0.3) is 0 Å². The van der Waals surface area contributed by atoms with Gasteiger partial charge in [-0.15, -0.1) is 0 Å². The summed E-state index contributed by atoms with van der Waals surface area (Å²) in [6.07, 6.45) is 0. The molecule has 0 radical (unpaired) electrons. The summed E-state index contributed by atoms with van der Waals surface area (Å²) < 4.78 is 5.18. The second-order valence-electron chi connectivity index (χ2n) is 4.74. The first-order chi connectivity index (χ1) is 9.40.